The molecular weight excluding hydrogens is 581 g/mol. The van der Waals surface area contributed by atoms with Crippen molar-refractivity contribution < 1.29 is 0 Å². The van der Waals surface area contributed by atoms with Gasteiger partial charge in [-0.15, -0.1) is 0 Å². The highest BCUT2D eigenvalue weighted by molar-refractivity contribution is 5.83. The van der Waals surface area contributed by atoms with Crippen LogP contribution in [0.5, 0.6) is 0 Å². The summed E-state index contributed by atoms with van der Waals surface area (Å²) in [4.78, 5) is 5.17. The summed E-state index contributed by atoms with van der Waals surface area (Å²) in [6.45, 7) is 28.1. The first-order valence-electron chi connectivity index (χ1n) is 18.4. The van der Waals surface area contributed by atoms with Crippen LogP contribution in [0, 0.1) is 6.92 Å². The Bertz CT molecular complexity index is 1710. The van der Waals surface area contributed by atoms with Crippen molar-refractivity contribution in [2.24, 2.45) is 0 Å². The normalized spacial score (nSPS) is 17.5. The average Bonchev–Trinajstić information content (AvgIpc) is 3.18. The summed E-state index contributed by atoms with van der Waals surface area (Å²) in [6, 6.07) is 33.1. The van der Waals surface area contributed by atoms with Crippen LogP contribution in [0.1, 0.15) is 136 Å². The molecule has 4 aromatic rings. The van der Waals surface area contributed by atoms with Crippen LogP contribution in [-0.4, -0.2) is 5.54 Å². The van der Waals surface area contributed by atoms with Crippen molar-refractivity contribution in [2.75, 3.05) is 9.80 Å². The Hall–Kier alpha value is -3.52. The quantitative estimate of drug-likeness (QED) is 0.219. The zero-order valence-corrected chi connectivity index (χ0v) is 32.0. The smallest absolute Gasteiger partial charge is 0.0492 e. The van der Waals surface area contributed by atoms with E-state index in [1.165, 1.54) is 82.8 Å². The summed E-state index contributed by atoms with van der Waals surface area (Å²) in [6.07, 6.45) is 6.46. The molecule has 0 aromatic heterocycles. The van der Waals surface area contributed by atoms with Gasteiger partial charge in [0.05, 0.1) is 0 Å². The van der Waals surface area contributed by atoms with Crippen molar-refractivity contribution in [3.63, 3.8) is 0 Å². The highest BCUT2D eigenvalue weighted by atomic mass is 15.3. The Labute approximate surface area is 292 Å². The number of fused-ring (bicyclic) bond motifs is 2. The summed E-state index contributed by atoms with van der Waals surface area (Å²) in [5.74, 6) is 0. The zero-order chi connectivity index (χ0) is 34.9. The van der Waals surface area contributed by atoms with E-state index in [1.807, 2.05) is 0 Å². The Kier molecular flexibility index (Phi) is 8.46. The molecule has 6 rings (SSSR count). The molecule has 1 heterocycles. The zero-order valence-electron chi connectivity index (χ0n) is 32.0. The molecule has 0 N–H and O–H groups in total. The van der Waals surface area contributed by atoms with Crippen LogP contribution in [0.4, 0.5) is 28.4 Å². The van der Waals surface area contributed by atoms with Crippen LogP contribution in [0.3, 0.4) is 0 Å². The second-order valence-electron chi connectivity index (χ2n) is 18.5. The maximum Gasteiger partial charge on any atom is 0.0492 e. The fourth-order valence-electron chi connectivity index (χ4n) is 8.59. The van der Waals surface area contributed by atoms with E-state index in [4.69, 9.17) is 0 Å². The summed E-state index contributed by atoms with van der Waals surface area (Å²) in [5, 5.41) is 0. The molecular formula is C46H60N2. The van der Waals surface area contributed by atoms with Gasteiger partial charge in [0.15, 0.2) is 0 Å². The lowest BCUT2D eigenvalue weighted by Crippen LogP contribution is -2.53. The molecule has 1 saturated carbocycles. The molecule has 254 valence electrons. The molecule has 2 heteroatoms. The van der Waals surface area contributed by atoms with Crippen LogP contribution in [0.15, 0.2) is 84.9 Å². The van der Waals surface area contributed by atoms with E-state index in [1.54, 1.807) is 5.56 Å². The Morgan fingerprint density at radius 1 is 0.542 bits per heavy atom. The summed E-state index contributed by atoms with van der Waals surface area (Å²) in [5.41, 5.74) is 13.6. The van der Waals surface area contributed by atoms with E-state index >= 15 is 0 Å². The van der Waals surface area contributed by atoms with Crippen molar-refractivity contribution in [1.29, 1.82) is 0 Å². The van der Waals surface area contributed by atoms with Gasteiger partial charge in [-0.2, -0.15) is 0 Å². The molecule has 1 fully saturated rings. The van der Waals surface area contributed by atoms with E-state index < -0.39 is 0 Å². The Balaban J connectivity index is 1.53. The Morgan fingerprint density at radius 3 is 1.50 bits per heavy atom. The monoisotopic (exact) mass is 640 g/mol. The highest BCUT2D eigenvalue weighted by Gasteiger charge is 2.57. The third kappa shape index (κ3) is 5.99. The standard InChI is InChI=1S/C46H60N2/c1-32-28-38(47(36-21-16-33(17-22-36)42(2,3)4)37-23-18-34(19-24-37)43(5,6)7)31-39(29-32)48-41-25-20-35(44(8,9)10)30-40(41)46(45(48,11)12)26-14-13-15-27-46/h16-25,28-31H,13-15,26-27H2,1-12H3. The van der Waals surface area contributed by atoms with Crippen molar-refractivity contribution in [3.05, 3.63) is 113 Å². The van der Waals surface area contributed by atoms with Crippen molar-refractivity contribution >= 4 is 28.4 Å². The van der Waals surface area contributed by atoms with E-state index in [2.05, 4.69) is 178 Å². The second kappa shape index (κ2) is 11.8. The van der Waals surface area contributed by atoms with Crippen LogP contribution in [0.2, 0.25) is 0 Å². The maximum atomic E-state index is 2.71. The fraction of sp³-hybridized carbons (Fsp3) is 0.478. The van der Waals surface area contributed by atoms with Crippen LogP contribution >= 0.6 is 0 Å². The third-order valence-corrected chi connectivity index (χ3v) is 11.6. The first-order chi connectivity index (χ1) is 22.3. The van der Waals surface area contributed by atoms with Gasteiger partial charge in [0.25, 0.3) is 0 Å². The van der Waals surface area contributed by atoms with Crippen molar-refractivity contribution in [2.45, 2.75) is 142 Å². The van der Waals surface area contributed by atoms with Gasteiger partial charge in [0.2, 0.25) is 0 Å². The SMILES string of the molecule is Cc1cc(N(c2ccc(C(C)(C)C)cc2)c2ccc(C(C)(C)C)cc2)cc(N2c3ccc(C(C)(C)C)cc3C3(CCCCC3)C2(C)C)c1. The summed E-state index contributed by atoms with van der Waals surface area (Å²) >= 11 is 0. The van der Waals surface area contributed by atoms with Gasteiger partial charge < -0.3 is 9.80 Å². The lowest BCUT2D eigenvalue weighted by atomic mass is 9.60. The molecule has 0 radical (unpaired) electrons. The molecule has 2 aliphatic rings. The number of benzene rings is 4. The van der Waals surface area contributed by atoms with Gasteiger partial charge in [-0.1, -0.05) is 118 Å². The predicted octanol–water partition coefficient (Wildman–Crippen LogP) is 13.5. The number of hydrogen-bond acceptors (Lipinski definition) is 2. The van der Waals surface area contributed by atoms with Gasteiger partial charge in [-0.05, 0) is 126 Å². The van der Waals surface area contributed by atoms with Crippen molar-refractivity contribution in [3.8, 4) is 0 Å². The summed E-state index contributed by atoms with van der Waals surface area (Å²) in [7, 11) is 0. The van der Waals surface area contributed by atoms with Gasteiger partial charge >= 0.3 is 0 Å². The minimum absolute atomic E-state index is 0.0646. The van der Waals surface area contributed by atoms with Gasteiger partial charge in [-0.25, -0.2) is 0 Å². The molecule has 0 amide bonds. The summed E-state index contributed by atoms with van der Waals surface area (Å²) < 4.78 is 0. The molecule has 0 bridgehead atoms. The number of aryl methyl sites for hydroxylation is 1. The van der Waals surface area contributed by atoms with E-state index in [0.29, 0.717) is 0 Å². The Morgan fingerprint density at radius 2 is 1.02 bits per heavy atom. The van der Waals surface area contributed by atoms with Crippen LogP contribution in [-0.2, 0) is 21.7 Å². The van der Waals surface area contributed by atoms with Gasteiger partial charge in [-0.3, -0.25) is 0 Å². The second-order valence-corrected chi connectivity index (χ2v) is 18.5. The number of hydrogen-bond donors (Lipinski definition) is 0. The average molecular weight is 641 g/mol. The maximum absolute atomic E-state index is 2.71. The third-order valence-electron chi connectivity index (χ3n) is 11.6. The molecule has 0 atom stereocenters. The first kappa shape index (κ1) is 34.3. The molecule has 1 spiro atoms. The van der Waals surface area contributed by atoms with Crippen LogP contribution in [0.25, 0.3) is 0 Å². The predicted molar refractivity (Wildman–Crippen MR) is 209 cm³/mol. The first-order valence-corrected chi connectivity index (χ1v) is 18.4. The molecule has 1 aliphatic carbocycles. The number of nitrogens with zero attached hydrogens (tertiary/aromatic N) is 2. The lowest BCUT2D eigenvalue weighted by Gasteiger charge is -2.49. The molecule has 48 heavy (non-hydrogen) atoms. The van der Waals surface area contributed by atoms with E-state index in [0.717, 1.165) is 0 Å². The molecule has 1 aliphatic heterocycles. The molecule has 2 nitrogen and oxygen atoms in total. The molecule has 0 unspecified atom stereocenters. The minimum Gasteiger partial charge on any atom is -0.335 e. The lowest BCUT2D eigenvalue weighted by molar-refractivity contribution is 0.199. The minimum atomic E-state index is -0.0646. The number of anilines is 5. The van der Waals surface area contributed by atoms with Gasteiger partial charge in [0.1, 0.15) is 0 Å². The fourth-order valence-corrected chi connectivity index (χ4v) is 8.59. The van der Waals surface area contributed by atoms with Gasteiger partial charge in [0, 0.05) is 39.4 Å². The molecule has 0 saturated heterocycles. The number of rotatable bonds is 4. The molecule has 4 aromatic carbocycles. The highest BCUT2D eigenvalue weighted by Crippen LogP contribution is 2.61. The van der Waals surface area contributed by atoms with E-state index in [9.17, 15) is 0 Å². The van der Waals surface area contributed by atoms with E-state index in [-0.39, 0.29) is 27.2 Å². The topological polar surface area (TPSA) is 6.48 Å². The van der Waals surface area contributed by atoms with Crippen molar-refractivity contribution in [1.82, 2.24) is 0 Å². The largest absolute Gasteiger partial charge is 0.335 e. The van der Waals surface area contributed by atoms with Crippen LogP contribution < -0.4 is 9.80 Å².